The summed E-state index contributed by atoms with van der Waals surface area (Å²) in [5, 5.41) is 7.00. The summed E-state index contributed by atoms with van der Waals surface area (Å²) in [6.07, 6.45) is 3.54. The van der Waals surface area contributed by atoms with E-state index in [-0.39, 0.29) is 5.91 Å². The van der Waals surface area contributed by atoms with E-state index in [2.05, 4.69) is 19.8 Å². The van der Waals surface area contributed by atoms with Gasteiger partial charge in [-0.1, -0.05) is 11.4 Å². The molecule has 118 valence electrons. The van der Waals surface area contributed by atoms with Crippen LogP contribution in [0.2, 0.25) is 0 Å². The average Bonchev–Trinajstić information content (AvgIpc) is 3.26. The largest absolute Gasteiger partial charge is 0.468 e. The first-order chi connectivity index (χ1) is 10.8. The van der Waals surface area contributed by atoms with Crippen LogP contribution in [0.5, 0.6) is 0 Å². The zero-order valence-electron chi connectivity index (χ0n) is 12.6. The van der Waals surface area contributed by atoms with Gasteiger partial charge in [0.05, 0.1) is 18.5 Å². The van der Waals surface area contributed by atoms with Crippen molar-refractivity contribution < 1.29 is 9.21 Å². The molecule has 6 nitrogen and oxygen atoms in total. The fraction of sp³-hybridized carbons (Fsp3) is 0.533. The lowest BCUT2D eigenvalue weighted by Crippen LogP contribution is -2.31. The van der Waals surface area contributed by atoms with Gasteiger partial charge < -0.3 is 9.73 Å². The predicted octanol–water partition coefficient (Wildman–Crippen LogP) is 1.95. The molecular formula is C15H20N4O2S. The van der Waals surface area contributed by atoms with Gasteiger partial charge in [0.2, 0.25) is 0 Å². The van der Waals surface area contributed by atoms with Gasteiger partial charge >= 0.3 is 0 Å². The molecule has 7 heteroatoms. The number of amides is 1. The van der Waals surface area contributed by atoms with Crippen LogP contribution in [-0.4, -0.2) is 40.0 Å². The van der Waals surface area contributed by atoms with E-state index in [4.69, 9.17) is 4.42 Å². The molecular weight excluding hydrogens is 300 g/mol. The Morgan fingerprint density at radius 2 is 2.50 bits per heavy atom. The van der Waals surface area contributed by atoms with Crippen molar-refractivity contribution in [3.05, 3.63) is 34.7 Å². The fourth-order valence-electron chi connectivity index (χ4n) is 2.78. The van der Waals surface area contributed by atoms with Crippen LogP contribution in [-0.2, 0) is 13.0 Å². The summed E-state index contributed by atoms with van der Waals surface area (Å²) in [7, 11) is 0. The Kier molecular flexibility index (Phi) is 4.84. The molecule has 0 aromatic carbocycles. The lowest BCUT2D eigenvalue weighted by atomic mass is 10.1. The first-order valence-corrected chi connectivity index (χ1v) is 8.37. The normalized spacial score (nSPS) is 18.7. The van der Waals surface area contributed by atoms with Crippen molar-refractivity contribution in [2.45, 2.75) is 26.3 Å². The first kappa shape index (κ1) is 15.2. The Hall–Kier alpha value is -1.73. The van der Waals surface area contributed by atoms with E-state index in [1.54, 1.807) is 6.26 Å². The van der Waals surface area contributed by atoms with E-state index in [0.717, 1.165) is 43.9 Å². The highest BCUT2D eigenvalue weighted by atomic mass is 32.1. The predicted molar refractivity (Wildman–Crippen MR) is 83.7 cm³/mol. The Balaban J connectivity index is 1.45. The van der Waals surface area contributed by atoms with Gasteiger partial charge in [-0.25, -0.2) is 0 Å². The molecule has 1 N–H and O–H groups in total. The minimum Gasteiger partial charge on any atom is -0.468 e. The topological polar surface area (TPSA) is 71.3 Å². The summed E-state index contributed by atoms with van der Waals surface area (Å²) in [5.41, 5.74) is 0.786. The quantitative estimate of drug-likeness (QED) is 0.881. The number of furan rings is 1. The van der Waals surface area contributed by atoms with Crippen molar-refractivity contribution >= 4 is 17.4 Å². The molecule has 0 bridgehead atoms. The molecule has 1 saturated heterocycles. The van der Waals surface area contributed by atoms with Gasteiger partial charge in [0.15, 0.2) is 0 Å². The van der Waals surface area contributed by atoms with Gasteiger partial charge in [-0.05, 0) is 49.0 Å². The third kappa shape index (κ3) is 3.53. The second kappa shape index (κ2) is 7.02. The summed E-state index contributed by atoms with van der Waals surface area (Å²) in [4.78, 5) is 15.2. The molecule has 1 aliphatic heterocycles. The second-order valence-electron chi connectivity index (χ2n) is 5.58. The van der Waals surface area contributed by atoms with Crippen molar-refractivity contribution in [2.75, 3.05) is 19.6 Å². The van der Waals surface area contributed by atoms with Gasteiger partial charge in [-0.15, -0.1) is 5.10 Å². The number of carbonyl (C=O) groups is 1. The van der Waals surface area contributed by atoms with Crippen LogP contribution in [0.3, 0.4) is 0 Å². The Labute approximate surface area is 133 Å². The maximum atomic E-state index is 12.2. The van der Waals surface area contributed by atoms with Crippen LogP contribution >= 0.6 is 11.5 Å². The number of aryl methyl sites for hydroxylation is 1. The van der Waals surface area contributed by atoms with Crippen LogP contribution in [0, 0.1) is 5.92 Å². The van der Waals surface area contributed by atoms with Crippen molar-refractivity contribution in [3.63, 3.8) is 0 Å². The van der Waals surface area contributed by atoms with Gasteiger partial charge in [0.25, 0.3) is 5.91 Å². The number of nitrogens with zero attached hydrogens (tertiary/aromatic N) is 3. The maximum absolute atomic E-state index is 12.2. The third-order valence-electron chi connectivity index (χ3n) is 3.98. The maximum Gasteiger partial charge on any atom is 0.264 e. The van der Waals surface area contributed by atoms with E-state index < -0.39 is 0 Å². The molecule has 1 atom stereocenters. The molecule has 1 aliphatic rings. The fourth-order valence-corrected chi connectivity index (χ4v) is 3.44. The molecule has 1 amide bonds. The summed E-state index contributed by atoms with van der Waals surface area (Å²) < 4.78 is 9.24. The van der Waals surface area contributed by atoms with Crippen LogP contribution < -0.4 is 5.32 Å². The van der Waals surface area contributed by atoms with E-state index in [1.165, 1.54) is 11.5 Å². The Bertz CT molecular complexity index is 611. The smallest absolute Gasteiger partial charge is 0.264 e. The molecule has 1 fully saturated rings. The minimum atomic E-state index is -0.0451. The number of rotatable bonds is 6. The Morgan fingerprint density at radius 3 is 3.27 bits per heavy atom. The number of aromatic nitrogens is 2. The second-order valence-corrected chi connectivity index (χ2v) is 6.34. The molecule has 0 saturated carbocycles. The van der Waals surface area contributed by atoms with Crippen LogP contribution in [0.1, 0.15) is 34.5 Å². The molecule has 0 spiro atoms. The first-order valence-electron chi connectivity index (χ1n) is 7.60. The number of hydrogen-bond donors (Lipinski definition) is 1. The van der Waals surface area contributed by atoms with Crippen LogP contribution in [0.15, 0.2) is 22.8 Å². The van der Waals surface area contributed by atoms with Crippen molar-refractivity contribution in [3.8, 4) is 0 Å². The zero-order valence-corrected chi connectivity index (χ0v) is 13.4. The highest BCUT2D eigenvalue weighted by Crippen LogP contribution is 2.19. The molecule has 0 radical (unpaired) electrons. The van der Waals surface area contributed by atoms with Crippen molar-refractivity contribution in [1.29, 1.82) is 0 Å². The number of hydrogen-bond acceptors (Lipinski definition) is 6. The molecule has 3 heterocycles. The lowest BCUT2D eigenvalue weighted by Gasteiger charge is -2.14. The summed E-state index contributed by atoms with van der Waals surface area (Å²) in [5.74, 6) is 1.44. The van der Waals surface area contributed by atoms with Gasteiger partial charge in [0.1, 0.15) is 10.6 Å². The van der Waals surface area contributed by atoms with Crippen LogP contribution in [0.25, 0.3) is 0 Å². The van der Waals surface area contributed by atoms with E-state index in [0.29, 0.717) is 17.3 Å². The number of nitrogens with one attached hydrogen (secondary N) is 1. The van der Waals surface area contributed by atoms with Gasteiger partial charge in [0, 0.05) is 13.1 Å². The molecule has 3 rings (SSSR count). The highest BCUT2D eigenvalue weighted by Gasteiger charge is 2.24. The van der Waals surface area contributed by atoms with E-state index in [9.17, 15) is 4.79 Å². The summed E-state index contributed by atoms with van der Waals surface area (Å²) in [6, 6.07) is 3.91. The number of likely N-dealkylation sites (tertiary alicyclic amines) is 1. The lowest BCUT2D eigenvalue weighted by molar-refractivity contribution is 0.0950. The summed E-state index contributed by atoms with van der Waals surface area (Å²) in [6.45, 7) is 5.56. The molecule has 2 aromatic rings. The third-order valence-corrected chi connectivity index (χ3v) is 4.74. The molecule has 0 unspecified atom stereocenters. The van der Waals surface area contributed by atoms with E-state index >= 15 is 0 Å². The minimum absolute atomic E-state index is 0.0451. The zero-order chi connectivity index (χ0) is 15.4. The molecule has 22 heavy (non-hydrogen) atoms. The van der Waals surface area contributed by atoms with Crippen molar-refractivity contribution in [2.24, 2.45) is 5.92 Å². The Morgan fingerprint density at radius 1 is 1.59 bits per heavy atom. The standard InChI is InChI=1S/C15H20N4O2S/c1-2-13-14(22-18-17-13)15(20)16-8-11-5-6-19(9-11)10-12-4-3-7-21-12/h3-4,7,11H,2,5-6,8-10H2,1H3,(H,16,20)/t11-/m1/s1. The molecule has 2 aromatic heterocycles. The SMILES string of the molecule is CCc1nnsc1C(=O)NC[C@H]1CCN(Cc2ccco2)C1. The summed E-state index contributed by atoms with van der Waals surface area (Å²) >= 11 is 1.17. The van der Waals surface area contributed by atoms with Crippen LogP contribution in [0.4, 0.5) is 0 Å². The van der Waals surface area contributed by atoms with E-state index in [1.807, 2.05) is 19.1 Å². The highest BCUT2D eigenvalue weighted by molar-refractivity contribution is 7.08. The molecule has 0 aliphatic carbocycles. The average molecular weight is 320 g/mol. The monoisotopic (exact) mass is 320 g/mol. The van der Waals surface area contributed by atoms with Gasteiger partial charge in [-0.2, -0.15) is 0 Å². The van der Waals surface area contributed by atoms with Crippen molar-refractivity contribution in [1.82, 2.24) is 19.8 Å². The number of carbonyl (C=O) groups excluding carboxylic acids is 1. The van der Waals surface area contributed by atoms with Gasteiger partial charge in [-0.3, -0.25) is 9.69 Å².